The summed E-state index contributed by atoms with van der Waals surface area (Å²) in [7, 11) is 2.52. The van der Waals surface area contributed by atoms with Crippen LogP contribution in [0.25, 0.3) is 11.0 Å². The molecule has 0 amide bonds. The Kier molecular flexibility index (Phi) is 5.08. The van der Waals surface area contributed by atoms with Crippen molar-refractivity contribution in [2.75, 3.05) is 26.0 Å². The van der Waals surface area contributed by atoms with E-state index in [1.54, 1.807) is 18.9 Å². The fourth-order valence-corrected chi connectivity index (χ4v) is 8.63. The smallest absolute Gasteiger partial charge is 0.181 e. The first-order chi connectivity index (χ1) is 15.1. The first kappa shape index (κ1) is 20.1. The largest absolute Gasteiger partial charge is 0.384 e. The predicted octanol–water partition coefficient (Wildman–Crippen LogP) is 0.969. The van der Waals surface area contributed by atoms with Crippen LogP contribution in [0.2, 0.25) is 0 Å². The van der Waals surface area contributed by atoms with Crippen LogP contribution in [0.5, 0.6) is 0 Å². The molecule has 5 unspecified atom stereocenters. The van der Waals surface area contributed by atoms with E-state index in [9.17, 15) is 4.21 Å². The molecule has 9 nitrogen and oxygen atoms in total. The van der Waals surface area contributed by atoms with E-state index < -0.39 is 10.8 Å². The second-order valence-corrected chi connectivity index (χ2v) is 11.6. The number of hydrogen-bond donors (Lipinski definition) is 3. The van der Waals surface area contributed by atoms with E-state index in [1.807, 2.05) is 24.1 Å². The van der Waals surface area contributed by atoms with E-state index in [2.05, 4.69) is 37.4 Å². The molecule has 2 aromatic heterocycles. The van der Waals surface area contributed by atoms with Gasteiger partial charge in [0.25, 0.3) is 0 Å². The lowest BCUT2D eigenvalue weighted by Gasteiger charge is -2.48. The Morgan fingerprint density at radius 3 is 3.19 bits per heavy atom. The van der Waals surface area contributed by atoms with Crippen molar-refractivity contribution in [1.29, 1.82) is 0 Å². The van der Waals surface area contributed by atoms with Crippen LogP contribution in [0, 0.1) is 11.8 Å². The molecule has 3 N–H and O–H groups in total. The van der Waals surface area contributed by atoms with E-state index in [0.29, 0.717) is 30.2 Å². The third-order valence-corrected chi connectivity index (χ3v) is 9.95. The molecule has 6 rings (SSSR count). The molecule has 31 heavy (non-hydrogen) atoms. The molecule has 2 aromatic rings. The highest BCUT2D eigenvalue weighted by Crippen LogP contribution is 2.54. The quantitative estimate of drug-likeness (QED) is 0.602. The summed E-state index contributed by atoms with van der Waals surface area (Å²) in [5.41, 5.74) is 10.2. The summed E-state index contributed by atoms with van der Waals surface area (Å²) < 4.78 is 21.0. The van der Waals surface area contributed by atoms with Gasteiger partial charge in [-0.15, -0.1) is 0 Å². The van der Waals surface area contributed by atoms with Gasteiger partial charge in [0.1, 0.15) is 0 Å². The van der Waals surface area contributed by atoms with E-state index in [4.69, 9.17) is 4.74 Å². The highest BCUT2D eigenvalue weighted by atomic mass is 32.2. The number of hydrogen-bond acceptors (Lipinski definition) is 9. The zero-order valence-electron chi connectivity index (χ0n) is 17.6. The zero-order valence-corrected chi connectivity index (χ0v) is 19.2. The minimum absolute atomic E-state index is 0.208. The van der Waals surface area contributed by atoms with Gasteiger partial charge in [-0.05, 0) is 30.4 Å². The predicted molar refractivity (Wildman–Crippen MR) is 121 cm³/mol. The monoisotopic (exact) mass is 461 g/mol. The van der Waals surface area contributed by atoms with Crippen molar-refractivity contribution in [3.05, 3.63) is 34.0 Å². The van der Waals surface area contributed by atoms with Crippen LogP contribution in [0.4, 0.5) is 0 Å². The minimum atomic E-state index is -1.07. The van der Waals surface area contributed by atoms with Crippen LogP contribution in [0.3, 0.4) is 0 Å². The van der Waals surface area contributed by atoms with Crippen LogP contribution < -0.4 is 16.2 Å². The van der Waals surface area contributed by atoms with E-state index in [0.717, 1.165) is 40.4 Å². The number of nitrogens with zero attached hydrogens (tertiary/aromatic N) is 4. The molecule has 0 saturated carbocycles. The number of piperidine rings is 1. The van der Waals surface area contributed by atoms with E-state index >= 15 is 0 Å². The van der Waals surface area contributed by atoms with Gasteiger partial charge in [-0.3, -0.25) is 14.2 Å². The molecule has 166 valence electrons. The third-order valence-electron chi connectivity index (χ3n) is 6.81. The molecule has 0 spiro atoms. The van der Waals surface area contributed by atoms with Crippen LogP contribution in [-0.4, -0.2) is 61.5 Å². The maximum absolute atomic E-state index is 13.1. The van der Waals surface area contributed by atoms with Gasteiger partial charge < -0.3 is 10.2 Å². The highest BCUT2D eigenvalue weighted by molar-refractivity contribution is 8.17. The number of rotatable bonds is 5. The Morgan fingerprint density at radius 1 is 1.42 bits per heavy atom. The minimum Gasteiger partial charge on any atom is -0.384 e. The molecule has 4 aliphatic rings. The normalized spacial score (nSPS) is 33.4. The van der Waals surface area contributed by atoms with Gasteiger partial charge >= 0.3 is 0 Å². The summed E-state index contributed by atoms with van der Waals surface area (Å²) in [6, 6.07) is 2.86. The van der Waals surface area contributed by atoms with Gasteiger partial charge in [0.05, 0.1) is 38.5 Å². The summed E-state index contributed by atoms with van der Waals surface area (Å²) in [6.07, 6.45) is 6.13. The summed E-state index contributed by atoms with van der Waals surface area (Å²) >= 11 is 1.73. The summed E-state index contributed by atoms with van der Waals surface area (Å²) in [4.78, 5) is 4.60. The highest BCUT2D eigenvalue weighted by Gasteiger charge is 2.54. The molecule has 0 bridgehead atoms. The topological polar surface area (TPSA) is 96.3 Å². The molecule has 6 atom stereocenters. The van der Waals surface area contributed by atoms with Crippen molar-refractivity contribution >= 4 is 33.6 Å². The lowest BCUT2D eigenvalue weighted by Crippen LogP contribution is -2.61. The molecule has 0 aliphatic carbocycles. The summed E-state index contributed by atoms with van der Waals surface area (Å²) in [5.74, 6) is 1.35. The average Bonchev–Trinajstić information content (AvgIpc) is 3.48. The fraction of sp³-hybridized carbons (Fsp3) is 0.600. The molecule has 0 aromatic carbocycles. The second kappa shape index (κ2) is 7.82. The number of thioether (sulfide) groups is 1. The average molecular weight is 462 g/mol. The van der Waals surface area contributed by atoms with Crippen molar-refractivity contribution in [2.45, 2.75) is 30.3 Å². The standard InChI is InChI=1S/C20H27N7O2S2/c1-26-10-12-7-11(9-21-18(12)25-26)14-8-13-15-3-4-22-27(15)24-17-16(13)19(23-14)30-20(17)31(28)6-5-29-2/h7,9-10,13-16,19,22-24H,3-6,8H2,1-2H3/t13?,14?,15?,16?,19?,31-/m1/s1. The number of pyridine rings is 1. The van der Waals surface area contributed by atoms with Gasteiger partial charge in [-0.2, -0.15) is 10.2 Å². The van der Waals surface area contributed by atoms with Crippen LogP contribution >= 0.6 is 11.8 Å². The van der Waals surface area contributed by atoms with Crippen LogP contribution in [0.15, 0.2) is 28.4 Å². The van der Waals surface area contributed by atoms with Gasteiger partial charge in [0.15, 0.2) is 5.65 Å². The Labute approximate surface area is 187 Å². The van der Waals surface area contributed by atoms with Gasteiger partial charge in [0, 0.05) is 56.5 Å². The Hall–Kier alpha value is -1.50. The first-order valence-electron chi connectivity index (χ1n) is 10.8. The van der Waals surface area contributed by atoms with Crippen LogP contribution in [-0.2, 0) is 22.6 Å². The number of hydrazine groups is 2. The SMILES string of the molecule is COCC[S@@](=O)C1=C2NN3NCCC3C3CC(c4cnc5nn(C)cc5c4)NC(S1)C23. The summed E-state index contributed by atoms with van der Waals surface area (Å²) in [6.45, 7) is 1.47. The molecular weight excluding hydrogens is 434 g/mol. The Balaban J connectivity index is 1.33. The molecule has 4 aliphatic heterocycles. The van der Waals surface area contributed by atoms with E-state index in [-0.39, 0.29) is 11.4 Å². The summed E-state index contributed by atoms with van der Waals surface area (Å²) in [5, 5.41) is 11.7. The maximum atomic E-state index is 13.1. The molecular formula is C20H27N7O2S2. The third kappa shape index (κ3) is 3.33. The van der Waals surface area contributed by atoms with Gasteiger partial charge in [-0.25, -0.2) is 10.4 Å². The number of ether oxygens (including phenoxy) is 1. The van der Waals surface area contributed by atoms with Crippen molar-refractivity contribution in [1.82, 2.24) is 36.1 Å². The Bertz CT molecular complexity index is 1070. The van der Waals surface area contributed by atoms with Crippen molar-refractivity contribution in [3.63, 3.8) is 0 Å². The van der Waals surface area contributed by atoms with Crippen molar-refractivity contribution < 1.29 is 8.95 Å². The van der Waals surface area contributed by atoms with Gasteiger partial charge in [0.2, 0.25) is 0 Å². The number of aromatic nitrogens is 3. The lowest BCUT2D eigenvalue weighted by atomic mass is 9.74. The molecule has 11 heteroatoms. The van der Waals surface area contributed by atoms with Crippen LogP contribution in [0.1, 0.15) is 24.4 Å². The number of fused-ring (bicyclic) bond motifs is 3. The maximum Gasteiger partial charge on any atom is 0.181 e. The lowest BCUT2D eigenvalue weighted by molar-refractivity contribution is 0.00560. The van der Waals surface area contributed by atoms with E-state index in [1.165, 1.54) is 5.56 Å². The first-order valence-corrected chi connectivity index (χ1v) is 12.9. The number of methoxy groups -OCH3 is 1. The molecule has 0 radical (unpaired) electrons. The zero-order chi connectivity index (χ0) is 21.1. The second-order valence-electron chi connectivity index (χ2n) is 8.66. The molecule has 3 fully saturated rings. The molecule has 3 saturated heterocycles. The van der Waals surface area contributed by atoms with Crippen molar-refractivity contribution in [3.8, 4) is 0 Å². The fourth-order valence-electron chi connectivity index (χ4n) is 5.46. The van der Waals surface area contributed by atoms with Crippen molar-refractivity contribution in [2.24, 2.45) is 18.9 Å². The van der Waals surface area contributed by atoms with Gasteiger partial charge in [-0.1, -0.05) is 11.8 Å². The number of aryl methyl sites for hydroxylation is 1. The molecule has 6 heterocycles. The number of nitrogens with one attached hydrogen (secondary N) is 3. The Morgan fingerprint density at radius 2 is 2.32 bits per heavy atom.